The van der Waals surface area contributed by atoms with E-state index in [2.05, 4.69) is 11.1 Å². The van der Waals surface area contributed by atoms with Crippen LogP contribution in [-0.2, 0) is 37.0 Å². The van der Waals surface area contributed by atoms with E-state index in [0.29, 0.717) is 45.1 Å². The van der Waals surface area contributed by atoms with Gasteiger partial charge in [0.2, 0.25) is 5.88 Å². The molecule has 2 aliphatic rings. The van der Waals surface area contributed by atoms with Gasteiger partial charge in [0.15, 0.2) is 6.61 Å². The van der Waals surface area contributed by atoms with Crippen LogP contribution in [0.4, 0.5) is 4.79 Å². The molecule has 9 heteroatoms. The van der Waals surface area contributed by atoms with Crippen molar-refractivity contribution in [2.24, 2.45) is 0 Å². The number of amides is 1. The molecule has 0 bridgehead atoms. The summed E-state index contributed by atoms with van der Waals surface area (Å²) in [5.74, 6) is 0.0106. The normalized spacial score (nSPS) is 19.6. The van der Waals surface area contributed by atoms with E-state index in [1.165, 1.54) is 0 Å². The summed E-state index contributed by atoms with van der Waals surface area (Å²) in [4.78, 5) is 31.3. The zero-order valence-corrected chi connectivity index (χ0v) is 26.1. The fraction of sp³-hybridized carbons (Fsp3) is 0.417. The van der Waals surface area contributed by atoms with Gasteiger partial charge in [0.05, 0.1) is 38.1 Å². The van der Waals surface area contributed by atoms with E-state index in [4.69, 9.17) is 23.7 Å². The highest BCUT2D eigenvalue weighted by Crippen LogP contribution is 2.35. The molecule has 0 saturated carbocycles. The van der Waals surface area contributed by atoms with Crippen molar-refractivity contribution in [3.8, 4) is 5.88 Å². The van der Waals surface area contributed by atoms with Crippen LogP contribution in [0.1, 0.15) is 54.9 Å². The van der Waals surface area contributed by atoms with Gasteiger partial charge < -0.3 is 28.6 Å². The lowest BCUT2D eigenvalue weighted by Gasteiger charge is -2.30. The minimum Gasteiger partial charge on any atom is -0.465 e. The van der Waals surface area contributed by atoms with Gasteiger partial charge in [-0.2, -0.15) is 0 Å². The standard InChI is InChI=1S/C36H42N2O7/c1-3-41-33(39)25-44-35-34(26(2)18-20-37-35)29-14-16-30(17-15-29)42-24-31-32(43-22-27-10-6-4-7-11-27)19-21-38(31)36(40)45-23-28-12-8-5-9-13-28/h4-14,18,20,30-32H,3,15-17,19,21-25H2,1-2H3/t30?,31-,32+/m0/s1. The van der Waals surface area contributed by atoms with Crippen LogP contribution < -0.4 is 4.74 Å². The van der Waals surface area contributed by atoms with Gasteiger partial charge >= 0.3 is 12.1 Å². The Morgan fingerprint density at radius 2 is 1.64 bits per heavy atom. The number of carbonyl (C=O) groups is 2. The summed E-state index contributed by atoms with van der Waals surface area (Å²) >= 11 is 0. The monoisotopic (exact) mass is 614 g/mol. The van der Waals surface area contributed by atoms with Crippen LogP contribution >= 0.6 is 0 Å². The zero-order chi connectivity index (χ0) is 31.4. The van der Waals surface area contributed by atoms with Crippen LogP contribution in [0.15, 0.2) is 79.0 Å². The van der Waals surface area contributed by atoms with Crippen molar-refractivity contribution in [1.82, 2.24) is 9.88 Å². The Labute approximate surface area is 265 Å². The number of likely N-dealkylation sites (tertiary alicyclic amines) is 1. The Balaban J connectivity index is 1.21. The second-order valence-electron chi connectivity index (χ2n) is 11.3. The maximum Gasteiger partial charge on any atom is 0.410 e. The molecule has 238 valence electrons. The maximum absolute atomic E-state index is 13.2. The molecule has 9 nitrogen and oxygen atoms in total. The number of hydrogen-bond acceptors (Lipinski definition) is 8. The predicted octanol–water partition coefficient (Wildman–Crippen LogP) is 6.28. The zero-order valence-electron chi connectivity index (χ0n) is 26.1. The van der Waals surface area contributed by atoms with Crippen molar-refractivity contribution >= 4 is 17.6 Å². The van der Waals surface area contributed by atoms with E-state index in [1.54, 1.807) is 18.0 Å². The summed E-state index contributed by atoms with van der Waals surface area (Å²) in [5.41, 5.74) is 5.10. The van der Waals surface area contributed by atoms with Gasteiger partial charge in [-0.1, -0.05) is 66.7 Å². The fourth-order valence-corrected chi connectivity index (χ4v) is 5.81. The number of aromatic nitrogens is 1. The molecule has 0 N–H and O–H groups in total. The first-order valence-electron chi connectivity index (χ1n) is 15.7. The largest absolute Gasteiger partial charge is 0.465 e. The second-order valence-corrected chi connectivity index (χ2v) is 11.3. The van der Waals surface area contributed by atoms with Crippen molar-refractivity contribution in [2.45, 2.75) is 71.0 Å². The maximum atomic E-state index is 13.2. The quantitative estimate of drug-likeness (QED) is 0.208. The van der Waals surface area contributed by atoms with Gasteiger partial charge in [0.1, 0.15) is 6.61 Å². The Hall–Kier alpha value is -4.21. The van der Waals surface area contributed by atoms with Gasteiger partial charge in [0, 0.05) is 18.3 Å². The molecule has 0 radical (unpaired) electrons. The number of aryl methyl sites for hydroxylation is 1. The topological polar surface area (TPSA) is 96.4 Å². The molecule has 1 aliphatic carbocycles. The van der Waals surface area contributed by atoms with Gasteiger partial charge in [-0.25, -0.2) is 14.6 Å². The second kappa shape index (κ2) is 16.2. The van der Waals surface area contributed by atoms with Crippen LogP contribution in [0.5, 0.6) is 5.88 Å². The first kappa shape index (κ1) is 32.2. The van der Waals surface area contributed by atoms with Crippen molar-refractivity contribution < 1.29 is 33.3 Å². The highest BCUT2D eigenvalue weighted by atomic mass is 16.6. The van der Waals surface area contributed by atoms with Gasteiger partial charge in [-0.05, 0) is 67.9 Å². The number of esters is 1. The minimum atomic E-state index is -0.422. The molecule has 1 aliphatic heterocycles. The van der Waals surface area contributed by atoms with Crippen LogP contribution in [0.2, 0.25) is 0 Å². The Kier molecular flexibility index (Phi) is 11.6. The number of allylic oxidation sites excluding steroid dienone is 1. The Morgan fingerprint density at radius 1 is 0.911 bits per heavy atom. The highest BCUT2D eigenvalue weighted by molar-refractivity contribution is 5.74. The lowest BCUT2D eigenvalue weighted by molar-refractivity contribution is -0.145. The number of benzene rings is 2. The number of pyridine rings is 1. The summed E-state index contributed by atoms with van der Waals surface area (Å²) in [7, 11) is 0. The molecule has 3 aromatic rings. The molecule has 45 heavy (non-hydrogen) atoms. The molecule has 5 rings (SSSR count). The van der Waals surface area contributed by atoms with E-state index in [0.717, 1.165) is 40.7 Å². The summed E-state index contributed by atoms with van der Waals surface area (Å²) in [5, 5.41) is 0. The summed E-state index contributed by atoms with van der Waals surface area (Å²) in [6.07, 6.45) is 6.32. The van der Waals surface area contributed by atoms with Crippen molar-refractivity contribution in [2.75, 3.05) is 26.4 Å². The number of hydrogen-bond donors (Lipinski definition) is 0. The van der Waals surface area contributed by atoms with Crippen molar-refractivity contribution in [1.29, 1.82) is 0 Å². The molecule has 1 aromatic heterocycles. The molecule has 1 unspecified atom stereocenters. The molecule has 3 atom stereocenters. The SMILES string of the molecule is CCOC(=O)COc1nccc(C)c1C1=CCC(OC[C@H]2[C@H](OCc3ccccc3)CCN2C(=O)OCc2ccccc2)CC1. The first-order chi connectivity index (χ1) is 22.0. The van der Waals surface area contributed by atoms with Crippen LogP contribution in [-0.4, -0.2) is 66.6 Å². The molecular formula is C36H42N2O7. The van der Waals surface area contributed by atoms with E-state index in [1.807, 2.05) is 73.7 Å². The average molecular weight is 615 g/mol. The molecule has 0 spiro atoms. The van der Waals surface area contributed by atoms with Crippen LogP contribution in [0.25, 0.3) is 5.57 Å². The number of rotatable bonds is 13. The van der Waals surface area contributed by atoms with Gasteiger partial charge in [-0.15, -0.1) is 0 Å². The van der Waals surface area contributed by atoms with E-state index < -0.39 is 5.97 Å². The van der Waals surface area contributed by atoms with E-state index in [9.17, 15) is 9.59 Å². The third-order valence-electron chi connectivity index (χ3n) is 8.17. The molecule has 2 aromatic carbocycles. The Morgan fingerprint density at radius 3 is 2.33 bits per heavy atom. The lowest BCUT2D eigenvalue weighted by Crippen LogP contribution is -2.44. The molecular weight excluding hydrogens is 572 g/mol. The predicted molar refractivity (Wildman–Crippen MR) is 169 cm³/mol. The highest BCUT2D eigenvalue weighted by Gasteiger charge is 2.39. The summed E-state index contributed by atoms with van der Waals surface area (Å²) in [6, 6.07) is 21.4. The van der Waals surface area contributed by atoms with Crippen LogP contribution in [0.3, 0.4) is 0 Å². The summed E-state index contributed by atoms with van der Waals surface area (Å²) < 4.78 is 29.3. The molecule has 1 fully saturated rings. The first-order valence-corrected chi connectivity index (χ1v) is 15.7. The summed E-state index contributed by atoms with van der Waals surface area (Å²) in [6.45, 7) is 5.48. The minimum absolute atomic E-state index is 0.00723. The fourth-order valence-electron chi connectivity index (χ4n) is 5.81. The van der Waals surface area contributed by atoms with Crippen LogP contribution in [0, 0.1) is 6.92 Å². The number of ether oxygens (including phenoxy) is 5. The van der Waals surface area contributed by atoms with Crippen molar-refractivity contribution in [3.63, 3.8) is 0 Å². The number of nitrogens with zero attached hydrogens (tertiary/aromatic N) is 2. The molecule has 2 heterocycles. The average Bonchev–Trinajstić information content (AvgIpc) is 3.48. The third kappa shape index (κ3) is 8.93. The van der Waals surface area contributed by atoms with Gasteiger partial charge in [-0.3, -0.25) is 0 Å². The lowest BCUT2D eigenvalue weighted by atomic mass is 9.90. The van der Waals surface area contributed by atoms with Gasteiger partial charge in [0.25, 0.3) is 0 Å². The van der Waals surface area contributed by atoms with Crippen molar-refractivity contribution in [3.05, 3.63) is 101 Å². The smallest absolute Gasteiger partial charge is 0.410 e. The molecule has 1 amide bonds. The molecule has 1 saturated heterocycles. The third-order valence-corrected chi connectivity index (χ3v) is 8.17. The number of carbonyl (C=O) groups excluding carboxylic acids is 2. The van der Waals surface area contributed by atoms with E-state index >= 15 is 0 Å². The Bertz CT molecular complexity index is 1430. The van der Waals surface area contributed by atoms with E-state index in [-0.39, 0.29) is 37.6 Å².